The molecule has 374 valence electrons. The lowest BCUT2D eigenvalue weighted by Crippen LogP contribution is -3.11. The second kappa shape index (κ2) is 31.0. The summed E-state index contributed by atoms with van der Waals surface area (Å²) >= 11 is 0. The topological polar surface area (TPSA) is 275 Å². The van der Waals surface area contributed by atoms with E-state index in [2.05, 4.69) is 27.4 Å². The van der Waals surface area contributed by atoms with Gasteiger partial charge in [0.05, 0.1) is 26.2 Å². The standard InChI is InChI=1S/C36H55O21P.C6H15N/c1-9-10-11-12-13-14-15-16-17-48-58(44,45)57-36-34(53-26(8)43)32(51-24(6)41)30(28(55-36)19-47-21(3)38)56-35-33(52-25(7)42)31(50-23(5)40)29(49-22(4)39)27(54-35)18-46-20(2)37;1-4-7(5-2)6-3/h9,27-36H,1,10-19H2,2-8H3,(H,44,45);4-6H2,1-3H3/t27-,28-,29+,30-,31+,32+,33-,34-,35+,36-;/m1./s1. The van der Waals surface area contributed by atoms with Crippen molar-refractivity contribution in [1.82, 2.24) is 0 Å². The summed E-state index contributed by atoms with van der Waals surface area (Å²) in [6.07, 6.45) is -10.3. The molecule has 65 heavy (non-hydrogen) atoms. The van der Waals surface area contributed by atoms with Crippen LogP contribution in [0.25, 0.3) is 0 Å². The third-order valence-electron chi connectivity index (χ3n) is 9.67. The zero-order valence-corrected chi connectivity index (χ0v) is 40.2. The summed E-state index contributed by atoms with van der Waals surface area (Å²) in [5, 5.41) is 0. The average Bonchev–Trinajstić information content (AvgIpc) is 3.20. The Hall–Kier alpha value is -4.02. The predicted octanol–water partition coefficient (Wildman–Crippen LogP) is 1.96. The van der Waals surface area contributed by atoms with Crippen molar-refractivity contribution in [1.29, 1.82) is 0 Å². The minimum absolute atomic E-state index is 0.267. The zero-order valence-electron chi connectivity index (χ0n) is 39.3. The minimum Gasteiger partial charge on any atom is -0.756 e. The fraction of sp³-hybridized carbons (Fsp3) is 0.786. The number of carbonyl (C=O) groups is 7. The maximum Gasteiger partial charge on any atom is 0.303 e. The second-order valence-corrected chi connectivity index (χ2v) is 16.4. The van der Waals surface area contributed by atoms with E-state index in [-0.39, 0.29) is 6.61 Å². The van der Waals surface area contributed by atoms with Gasteiger partial charge in [-0.15, -0.1) is 6.58 Å². The van der Waals surface area contributed by atoms with Crippen LogP contribution in [0.4, 0.5) is 0 Å². The van der Waals surface area contributed by atoms with Crippen molar-refractivity contribution in [2.45, 2.75) is 176 Å². The largest absolute Gasteiger partial charge is 0.756 e. The van der Waals surface area contributed by atoms with E-state index in [1.165, 1.54) is 19.6 Å². The number of hydrogen-bond donors (Lipinski definition) is 1. The molecule has 23 heteroatoms. The Labute approximate surface area is 381 Å². The summed E-state index contributed by atoms with van der Waals surface area (Å²) < 4.78 is 78.9. The van der Waals surface area contributed by atoms with Gasteiger partial charge in [0.15, 0.2) is 36.8 Å². The monoisotopic (exact) mass is 955 g/mol. The molecule has 0 amide bonds. The smallest absolute Gasteiger partial charge is 0.303 e. The van der Waals surface area contributed by atoms with Crippen LogP contribution in [-0.2, 0) is 94.5 Å². The van der Waals surface area contributed by atoms with Gasteiger partial charge >= 0.3 is 41.8 Å². The van der Waals surface area contributed by atoms with Gasteiger partial charge in [-0.05, 0) is 40.0 Å². The molecule has 0 saturated carbocycles. The molecule has 0 aliphatic carbocycles. The molecular weight excluding hydrogens is 885 g/mol. The highest BCUT2D eigenvalue weighted by Gasteiger charge is 2.58. The Morgan fingerprint density at radius 1 is 0.554 bits per heavy atom. The first-order valence-electron chi connectivity index (χ1n) is 21.8. The number of phosphoric ester groups is 1. The number of esters is 7. The number of nitrogens with one attached hydrogen (secondary N) is 1. The number of unbranched alkanes of at least 4 members (excludes halogenated alkanes) is 6. The van der Waals surface area contributed by atoms with Crippen molar-refractivity contribution in [3.05, 3.63) is 12.7 Å². The fourth-order valence-corrected chi connectivity index (χ4v) is 7.58. The number of hydrogen-bond acceptors (Lipinski definition) is 21. The molecule has 2 rings (SSSR count). The van der Waals surface area contributed by atoms with Crippen LogP contribution in [0.3, 0.4) is 0 Å². The molecule has 2 heterocycles. The van der Waals surface area contributed by atoms with E-state index >= 15 is 0 Å². The minimum atomic E-state index is -5.26. The summed E-state index contributed by atoms with van der Waals surface area (Å²) in [5.41, 5.74) is 0. The lowest BCUT2D eigenvalue weighted by atomic mass is 9.96. The van der Waals surface area contributed by atoms with Crippen LogP contribution in [0.15, 0.2) is 12.7 Å². The summed E-state index contributed by atoms with van der Waals surface area (Å²) in [6, 6.07) is 0. The molecule has 1 N–H and O–H groups in total. The summed E-state index contributed by atoms with van der Waals surface area (Å²) in [6.45, 7) is 19.5. The van der Waals surface area contributed by atoms with E-state index in [9.17, 15) is 43.0 Å². The van der Waals surface area contributed by atoms with Gasteiger partial charge in [-0.25, -0.2) is 0 Å². The molecule has 0 aromatic rings. The van der Waals surface area contributed by atoms with Gasteiger partial charge in [0, 0.05) is 48.5 Å². The van der Waals surface area contributed by atoms with Crippen LogP contribution in [0.1, 0.15) is 114 Å². The Balaban J connectivity index is 0.00000277. The number of rotatable bonds is 26. The molecule has 2 fully saturated rings. The maximum absolute atomic E-state index is 13.1. The van der Waals surface area contributed by atoms with Crippen molar-refractivity contribution in [3.8, 4) is 0 Å². The molecule has 2 aliphatic rings. The molecule has 0 bridgehead atoms. The normalized spacial score (nSPS) is 25.9. The van der Waals surface area contributed by atoms with Gasteiger partial charge in [0.25, 0.3) is 7.82 Å². The number of quaternary nitrogens is 1. The molecule has 11 atom stereocenters. The summed E-state index contributed by atoms with van der Waals surface area (Å²) in [7, 11) is -5.26. The molecule has 1 unspecified atom stereocenters. The van der Waals surface area contributed by atoms with Gasteiger partial charge in [-0.3, -0.25) is 42.7 Å². The van der Waals surface area contributed by atoms with Gasteiger partial charge < -0.3 is 61.7 Å². The van der Waals surface area contributed by atoms with E-state index in [0.29, 0.717) is 12.8 Å². The Bertz CT molecular complexity index is 1570. The van der Waals surface area contributed by atoms with Crippen LogP contribution in [0, 0.1) is 0 Å². The molecule has 0 radical (unpaired) electrons. The van der Waals surface area contributed by atoms with Crippen LogP contribution in [0.5, 0.6) is 0 Å². The first kappa shape index (κ1) is 59.0. The number of ether oxygens (including phenoxy) is 10. The first-order chi connectivity index (χ1) is 30.6. The number of allylic oxidation sites excluding steroid dienone is 1. The summed E-state index contributed by atoms with van der Waals surface area (Å²) in [5.74, 6) is -6.52. The molecule has 0 spiro atoms. The van der Waals surface area contributed by atoms with E-state index < -0.39 is 124 Å². The van der Waals surface area contributed by atoms with Crippen molar-refractivity contribution >= 4 is 49.6 Å². The molecule has 2 aliphatic heterocycles. The van der Waals surface area contributed by atoms with Crippen LogP contribution < -0.4 is 9.79 Å². The van der Waals surface area contributed by atoms with Crippen molar-refractivity contribution < 1.29 is 104 Å². The quantitative estimate of drug-likeness (QED) is 0.0426. The molecule has 0 aromatic heterocycles. The van der Waals surface area contributed by atoms with E-state index in [1.807, 2.05) is 6.08 Å². The number of carbonyl (C=O) groups excluding carboxylic acids is 7. The highest BCUT2D eigenvalue weighted by atomic mass is 31.2. The fourth-order valence-electron chi connectivity index (χ4n) is 6.74. The third-order valence-corrected chi connectivity index (χ3v) is 10.6. The SMILES string of the molecule is C=CCCCCCCCCOP(=O)([O-])O[C@H]1O[C@H](COC(C)=O)[C@@H](O[C@@H]2O[C@H](COC(C)=O)[C@H](OC(C)=O)[C@H](OC(C)=O)[C@H]2OC(C)=O)[C@H](OC(C)=O)[C@H]1OC(C)=O.CC[NH+](CC)CC. The summed E-state index contributed by atoms with van der Waals surface area (Å²) in [4.78, 5) is 101. The van der Waals surface area contributed by atoms with E-state index in [0.717, 1.165) is 80.6 Å². The van der Waals surface area contributed by atoms with E-state index in [4.69, 9.17) is 56.4 Å². The predicted molar refractivity (Wildman–Crippen MR) is 223 cm³/mol. The lowest BCUT2D eigenvalue weighted by molar-refractivity contribution is -0.894. The highest BCUT2D eigenvalue weighted by molar-refractivity contribution is 7.45. The Morgan fingerprint density at radius 3 is 1.37 bits per heavy atom. The highest BCUT2D eigenvalue weighted by Crippen LogP contribution is 2.44. The lowest BCUT2D eigenvalue weighted by Gasteiger charge is -2.49. The second-order valence-electron chi connectivity index (χ2n) is 15.1. The average molecular weight is 956 g/mol. The molecule has 0 aromatic carbocycles. The van der Waals surface area contributed by atoms with Crippen molar-refractivity contribution in [3.63, 3.8) is 0 Å². The first-order valence-corrected chi connectivity index (χ1v) is 23.2. The third kappa shape index (κ3) is 23.3. The van der Waals surface area contributed by atoms with Crippen LogP contribution in [0.2, 0.25) is 0 Å². The molecular formula is C42H70NO21P. The van der Waals surface area contributed by atoms with Gasteiger partial charge in [0.2, 0.25) is 6.29 Å². The number of phosphoric acid groups is 1. The van der Waals surface area contributed by atoms with Gasteiger partial charge in [-0.2, -0.15) is 0 Å². The molecule has 22 nitrogen and oxygen atoms in total. The Morgan fingerprint density at radius 2 is 0.938 bits per heavy atom. The Kier molecular flexibility index (Phi) is 28.2. The van der Waals surface area contributed by atoms with Gasteiger partial charge in [-0.1, -0.05) is 31.8 Å². The van der Waals surface area contributed by atoms with Crippen LogP contribution in [-0.4, -0.2) is 143 Å². The van der Waals surface area contributed by atoms with E-state index in [1.54, 1.807) is 4.90 Å². The van der Waals surface area contributed by atoms with Crippen molar-refractivity contribution in [2.75, 3.05) is 39.5 Å². The molecule has 2 saturated heterocycles. The van der Waals surface area contributed by atoms with Gasteiger partial charge in [0.1, 0.15) is 31.5 Å². The van der Waals surface area contributed by atoms with Crippen LogP contribution >= 0.6 is 7.82 Å². The maximum atomic E-state index is 13.1. The van der Waals surface area contributed by atoms with Crippen molar-refractivity contribution in [2.24, 2.45) is 0 Å². The zero-order chi connectivity index (χ0) is 49.3.